The highest BCUT2D eigenvalue weighted by atomic mass is 16.5. The lowest BCUT2D eigenvalue weighted by atomic mass is 9.79. The van der Waals surface area contributed by atoms with Crippen LogP contribution in [0.25, 0.3) is 0 Å². The van der Waals surface area contributed by atoms with Crippen LogP contribution in [0, 0.1) is 6.92 Å². The summed E-state index contributed by atoms with van der Waals surface area (Å²) in [6, 6.07) is 5.34. The number of nitrogens with zero attached hydrogens (tertiary/aromatic N) is 3. The number of aryl methyl sites for hydroxylation is 1. The van der Waals surface area contributed by atoms with Gasteiger partial charge in [-0.05, 0) is 36.5 Å². The molecule has 1 aliphatic rings. The molecule has 22 heavy (non-hydrogen) atoms. The molecule has 1 aromatic heterocycles. The number of fused-ring (bicyclic) bond motifs is 1. The predicted molar refractivity (Wildman–Crippen MR) is 81.8 cm³/mol. The van der Waals surface area contributed by atoms with Crippen molar-refractivity contribution in [2.75, 3.05) is 5.32 Å². The summed E-state index contributed by atoms with van der Waals surface area (Å²) in [5, 5.41) is 20.4. The van der Waals surface area contributed by atoms with Gasteiger partial charge in [0.05, 0.1) is 12.3 Å². The van der Waals surface area contributed by atoms with Gasteiger partial charge in [-0.2, -0.15) is 0 Å². The second kappa shape index (κ2) is 5.90. The van der Waals surface area contributed by atoms with Crippen molar-refractivity contribution in [3.8, 4) is 0 Å². The Morgan fingerprint density at radius 2 is 2.36 bits per heavy atom. The minimum Gasteiger partial charge on any atom is -0.423 e. The van der Waals surface area contributed by atoms with E-state index in [1.54, 1.807) is 16.8 Å². The van der Waals surface area contributed by atoms with E-state index in [1.165, 1.54) is 0 Å². The molecule has 0 bridgehead atoms. The van der Waals surface area contributed by atoms with E-state index >= 15 is 0 Å². The molecule has 0 unspecified atom stereocenters. The highest BCUT2D eigenvalue weighted by Crippen LogP contribution is 2.15. The first-order chi connectivity index (χ1) is 10.6. The number of aromatic nitrogens is 3. The van der Waals surface area contributed by atoms with Gasteiger partial charge in [0, 0.05) is 12.2 Å². The van der Waals surface area contributed by atoms with Crippen LogP contribution in [0.1, 0.15) is 35.1 Å². The number of carbonyl (C=O) groups excluding carboxylic acids is 1. The van der Waals surface area contributed by atoms with E-state index in [1.807, 2.05) is 19.9 Å². The van der Waals surface area contributed by atoms with Gasteiger partial charge in [-0.25, -0.2) is 4.68 Å². The molecule has 0 saturated carbocycles. The molecule has 2 N–H and O–H groups in total. The maximum absolute atomic E-state index is 12.3. The third kappa shape index (κ3) is 2.62. The molecule has 1 aliphatic heterocycles. The minimum absolute atomic E-state index is 0.311. The first-order valence-corrected chi connectivity index (χ1v) is 7.24. The van der Waals surface area contributed by atoms with Crippen molar-refractivity contribution < 1.29 is 14.5 Å². The number of hydrogen-bond acceptors (Lipinski definition) is 5. The van der Waals surface area contributed by atoms with Crippen molar-refractivity contribution in [1.82, 2.24) is 15.0 Å². The molecule has 0 atom stereocenters. The monoisotopic (exact) mass is 300 g/mol. The van der Waals surface area contributed by atoms with Crippen molar-refractivity contribution in [3.05, 3.63) is 35.2 Å². The van der Waals surface area contributed by atoms with Crippen molar-refractivity contribution in [3.63, 3.8) is 0 Å². The highest BCUT2D eigenvalue weighted by Gasteiger charge is 2.27. The largest absolute Gasteiger partial charge is 0.491 e. The van der Waals surface area contributed by atoms with E-state index in [0.717, 1.165) is 24.2 Å². The Balaban J connectivity index is 1.79. The molecule has 0 fully saturated rings. The van der Waals surface area contributed by atoms with Gasteiger partial charge in [0.1, 0.15) is 0 Å². The maximum Gasteiger partial charge on any atom is 0.491 e. The highest BCUT2D eigenvalue weighted by molar-refractivity contribution is 6.61. The van der Waals surface area contributed by atoms with E-state index in [4.69, 9.17) is 4.65 Å². The fourth-order valence-electron chi connectivity index (χ4n) is 2.48. The molecular formula is C14H17BN4O3. The molecule has 0 saturated heterocycles. The Morgan fingerprint density at radius 1 is 1.55 bits per heavy atom. The lowest BCUT2D eigenvalue weighted by Crippen LogP contribution is -2.28. The van der Waals surface area contributed by atoms with Gasteiger partial charge < -0.3 is 15.0 Å². The lowest BCUT2D eigenvalue weighted by Gasteiger charge is -2.06. The number of carbonyl (C=O) groups is 1. The average Bonchev–Trinajstić information content (AvgIpc) is 3.04. The van der Waals surface area contributed by atoms with Gasteiger partial charge in [0.25, 0.3) is 5.91 Å². The topological polar surface area (TPSA) is 89.3 Å². The summed E-state index contributed by atoms with van der Waals surface area (Å²) < 4.78 is 6.85. The van der Waals surface area contributed by atoms with Crippen molar-refractivity contribution >= 4 is 24.2 Å². The first kappa shape index (κ1) is 14.7. The zero-order valence-electron chi connectivity index (χ0n) is 12.5. The van der Waals surface area contributed by atoms with Crippen molar-refractivity contribution in [1.29, 1.82) is 0 Å². The van der Waals surface area contributed by atoms with Gasteiger partial charge in [0.2, 0.25) is 0 Å². The zero-order valence-corrected chi connectivity index (χ0v) is 12.5. The number of nitrogens with one attached hydrogen (secondary N) is 1. The Kier molecular flexibility index (Phi) is 3.95. The Morgan fingerprint density at radius 3 is 3.14 bits per heavy atom. The molecule has 2 aromatic rings. The average molecular weight is 300 g/mol. The van der Waals surface area contributed by atoms with Crippen LogP contribution in [-0.2, 0) is 17.8 Å². The van der Waals surface area contributed by atoms with Gasteiger partial charge >= 0.3 is 7.12 Å². The fraction of sp³-hybridized carbons (Fsp3) is 0.357. The number of rotatable bonds is 4. The van der Waals surface area contributed by atoms with E-state index < -0.39 is 7.12 Å². The van der Waals surface area contributed by atoms with Gasteiger partial charge in [-0.3, -0.25) is 4.79 Å². The third-order valence-corrected chi connectivity index (χ3v) is 3.70. The van der Waals surface area contributed by atoms with Crippen LogP contribution in [0.2, 0.25) is 0 Å². The van der Waals surface area contributed by atoms with Crippen molar-refractivity contribution in [2.24, 2.45) is 0 Å². The predicted octanol–water partition coefficient (Wildman–Crippen LogP) is 0.467. The van der Waals surface area contributed by atoms with Gasteiger partial charge in [0.15, 0.2) is 5.69 Å². The summed E-state index contributed by atoms with van der Waals surface area (Å²) in [6.45, 7) is 4.98. The summed E-state index contributed by atoms with van der Waals surface area (Å²) in [4.78, 5) is 12.3. The van der Waals surface area contributed by atoms with Crippen LogP contribution in [0.5, 0.6) is 0 Å². The second-order valence-electron chi connectivity index (χ2n) is 5.28. The van der Waals surface area contributed by atoms with Crippen LogP contribution in [0.3, 0.4) is 0 Å². The Hall–Kier alpha value is -2.19. The Labute approximate surface area is 128 Å². The van der Waals surface area contributed by atoms with Crippen LogP contribution in [-0.4, -0.2) is 33.0 Å². The van der Waals surface area contributed by atoms with E-state index in [-0.39, 0.29) is 5.91 Å². The molecule has 114 valence electrons. The third-order valence-electron chi connectivity index (χ3n) is 3.70. The van der Waals surface area contributed by atoms with Crippen LogP contribution < -0.4 is 10.8 Å². The van der Waals surface area contributed by atoms with E-state index in [2.05, 4.69) is 15.6 Å². The normalized spacial score (nSPS) is 13.3. The number of hydrogen-bond donors (Lipinski definition) is 2. The fourth-order valence-corrected chi connectivity index (χ4v) is 2.48. The molecule has 0 aliphatic carbocycles. The van der Waals surface area contributed by atoms with Crippen LogP contribution >= 0.6 is 0 Å². The molecule has 7 nitrogen and oxygen atoms in total. The molecule has 1 aromatic carbocycles. The van der Waals surface area contributed by atoms with Crippen LogP contribution in [0.15, 0.2) is 18.2 Å². The summed E-state index contributed by atoms with van der Waals surface area (Å²) in [7, 11) is -0.931. The maximum atomic E-state index is 12.3. The summed E-state index contributed by atoms with van der Waals surface area (Å²) >= 11 is 0. The molecule has 1 amide bonds. The smallest absolute Gasteiger partial charge is 0.423 e. The SMILES string of the molecule is CCCn1nnc(C(=O)Nc2ccc3c(c2)B(O)OC3)c1C. The lowest BCUT2D eigenvalue weighted by molar-refractivity contribution is 0.102. The molecule has 3 rings (SSSR count). The van der Waals surface area contributed by atoms with E-state index in [9.17, 15) is 9.82 Å². The quantitative estimate of drug-likeness (QED) is 0.801. The van der Waals surface area contributed by atoms with Gasteiger partial charge in [-0.1, -0.05) is 18.2 Å². The molecule has 2 heterocycles. The van der Waals surface area contributed by atoms with Crippen LogP contribution in [0.4, 0.5) is 5.69 Å². The first-order valence-electron chi connectivity index (χ1n) is 7.24. The summed E-state index contributed by atoms with van der Waals surface area (Å²) in [6.07, 6.45) is 0.925. The second-order valence-corrected chi connectivity index (χ2v) is 5.28. The van der Waals surface area contributed by atoms with E-state index in [0.29, 0.717) is 23.5 Å². The molecule has 8 heteroatoms. The molecule has 0 radical (unpaired) electrons. The zero-order chi connectivity index (χ0) is 15.7. The number of anilines is 1. The molecule has 0 spiro atoms. The van der Waals surface area contributed by atoms with Gasteiger partial charge in [-0.15, -0.1) is 5.10 Å². The Bertz CT molecular complexity index is 716. The molecular weight excluding hydrogens is 283 g/mol. The summed E-state index contributed by atoms with van der Waals surface area (Å²) in [5.41, 5.74) is 3.26. The number of amides is 1. The summed E-state index contributed by atoms with van der Waals surface area (Å²) in [5.74, 6) is -0.312. The standard InChI is InChI=1S/C14H17BN4O3/c1-3-6-19-9(2)13(17-18-19)14(20)16-11-5-4-10-8-22-15(21)12(10)7-11/h4-5,7,21H,3,6,8H2,1-2H3,(H,16,20). The van der Waals surface area contributed by atoms with Crippen molar-refractivity contribution in [2.45, 2.75) is 33.4 Å². The minimum atomic E-state index is -0.931. The number of benzene rings is 1.